The molecule has 27 heavy (non-hydrogen) atoms. The van der Waals surface area contributed by atoms with Gasteiger partial charge in [-0.3, -0.25) is 19.7 Å². The number of benzene rings is 1. The van der Waals surface area contributed by atoms with Crippen LogP contribution in [0, 0.1) is 0 Å². The molecule has 0 aliphatic carbocycles. The molecule has 9 heteroatoms. The molecule has 0 radical (unpaired) electrons. The van der Waals surface area contributed by atoms with E-state index in [0.717, 1.165) is 0 Å². The van der Waals surface area contributed by atoms with Gasteiger partial charge in [0, 0.05) is 16.6 Å². The molecule has 1 aromatic carbocycles. The molecule has 0 bridgehead atoms. The van der Waals surface area contributed by atoms with Gasteiger partial charge in [-0.05, 0) is 29.6 Å². The zero-order chi connectivity index (χ0) is 19.2. The Bertz CT molecular complexity index is 967. The second kappa shape index (κ2) is 8.56. The Labute approximate surface area is 163 Å². The number of hydrogen-bond donors (Lipinski definition) is 2. The van der Waals surface area contributed by atoms with E-state index < -0.39 is 5.97 Å². The Hall–Kier alpha value is -3.04. The molecule has 3 aromatic rings. The molecule has 2 amide bonds. The average Bonchev–Trinajstić information content (AvgIpc) is 3.34. The number of amides is 2. The maximum absolute atomic E-state index is 12.4. The van der Waals surface area contributed by atoms with Crippen molar-refractivity contribution in [3.8, 4) is 0 Å². The Morgan fingerprint density at radius 3 is 2.67 bits per heavy atom. The SMILES string of the molecule is COC(=O)Cc1csc(NC(=O)c2cccc(NC(=O)c3cccs3)c2)n1. The number of nitrogens with zero attached hydrogens (tertiary/aromatic N) is 1. The van der Waals surface area contributed by atoms with Crippen LogP contribution in [0.4, 0.5) is 10.8 Å². The summed E-state index contributed by atoms with van der Waals surface area (Å²) in [4.78, 5) is 40.6. The summed E-state index contributed by atoms with van der Waals surface area (Å²) < 4.78 is 4.59. The van der Waals surface area contributed by atoms with Gasteiger partial charge in [-0.2, -0.15) is 0 Å². The molecule has 2 N–H and O–H groups in total. The fourth-order valence-corrected chi connectivity index (χ4v) is 3.50. The van der Waals surface area contributed by atoms with Crippen LogP contribution in [-0.4, -0.2) is 29.9 Å². The van der Waals surface area contributed by atoms with Crippen LogP contribution >= 0.6 is 22.7 Å². The number of esters is 1. The monoisotopic (exact) mass is 401 g/mol. The first-order chi connectivity index (χ1) is 13.0. The van der Waals surface area contributed by atoms with Crippen LogP contribution < -0.4 is 10.6 Å². The minimum atomic E-state index is -0.396. The Balaban J connectivity index is 1.65. The number of methoxy groups -OCH3 is 1. The summed E-state index contributed by atoms with van der Waals surface area (Å²) in [6.07, 6.45) is 0.0487. The number of rotatable bonds is 6. The van der Waals surface area contributed by atoms with Crippen molar-refractivity contribution in [2.24, 2.45) is 0 Å². The number of aromatic nitrogens is 1. The molecule has 0 aliphatic rings. The molecular weight excluding hydrogens is 386 g/mol. The summed E-state index contributed by atoms with van der Waals surface area (Å²) in [6.45, 7) is 0. The molecule has 2 heterocycles. The number of thiazole rings is 1. The second-order valence-electron chi connectivity index (χ2n) is 5.36. The number of anilines is 2. The van der Waals surface area contributed by atoms with Crippen molar-refractivity contribution in [3.63, 3.8) is 0 Å². The van der Waals surface area contributed by atoms with Crippen LogP contribution in [0.3, 0.4) is 0 Å². The quantitative estimate of drug-likeness (QED) is 0.617. The number of carbonyl (C=O) groups excluding carboxylic acids is 3. The predicted molar refractivity (Wildman–Crippen MR) is 105 cm³/mol. The van der Waals surface area contributed by atoms with Gasteiger partial charge in [0.15, 0.2) is 5.13 Å². The van der Waals surface area contributed by atoms with Crippen molar-refractivity contribution in [2.75, 3.05) is 17.7 Å². The Morgan fingerprint density at radius 2 is 1.93 bits per heavy atom. The van der Waals surface area contributed by atoms with Gasteiger partial charge in [0.05, 0.1) is 24.1 Å². The topological polar surface area (TPSA) is 97.4 Å². The number of hydrogen-bond acceptors (Lipinski definition) is 7. The lowest BCUT2D eigenvalue weighted by atomic mass is 10.2. The third kappa shape index (κ3) is 4.99. The fourth-order valence-electron chi connectivity index (χ4n) is 2.17. The normalized spacial score (nSPS) is 10.3. The van der Waals surface area contributed by atoms with E-state index in [0.29, 0.717) is 27.0 Å². The van der Waals surface area contributed by atoms with E-state index in [-0.39, 0.29) is 18.2 Å². The highest BCUT2D eigenvalue weighted by molar-refractivity contribution is 7.14. The lowest BCUT2D eigenvalue weighted by molar-refractivity contribution is -0.139. The highest BCUT2D eigenvalue weighted by atomic mass is 32.1. The molecule has 138 valence electrons. The molecule has 0 unspecified atom stereocenters. The molecular formula is C18H15N3O4S2. The van der Waals surface area contributed by atoms with E-state index in [9.17, 15) is 14.4 Å². The molecule has 0 atom stereocenters. The van der Waals surface area contributed by atoms with E-state index in [4.69, 9.17) is 0 Å². The first-order valence-electron chi connectivity index (χ1n) is 7.82. The summed E-state index contributed by atoms with van der Waals surface area (Å²) in [6, 6.07) is 10.1. The first kappa shape index (κ1) is 18.7. The van der Waals surface area contributed by atoms with Crippen molar-refractivity contribution < 1.29 is 19.1 Å². The van der Waals surface area contributed by atoms with Gasteiger partial charge < -0.3 is 10.1 Å². The zero-order valence-corrected chi connectivity index (χ0v) is 15.9. The molecule has 0 aliphatic heterocycles. The van der Waals surface area contributed by atoms with Crippen molar-refractivity contribution in [1.29, 1.82) is 0 Å². The minimum Gasteiger partial charge on any atom is -0.469 e. The largest absolute Gasteiger partial charge is 0.469 e. The van der Waals surface area contributed by atoms with Crippen LogP contribution in [0.5, 0.6) is 0 Å². The summed E-state index contributed by atoms with van der Waals surface area (Å²) in [5.41, 5.74) is 1.43. The van der Waals surface area contributed by atoms with E-state index in [1.165, 1.54) is 29.8 Å². The van der Waals surface area contributed by atoms with Crippen molar-refractivity contribution in [1.82, 2.24) is 4.98 Å². The van der Waals surface area contributed by atoms with E-state index in [1.807, 2.05) is 5.38 Å². The van der Waals surface area contributed by atoms with Gasteiger partial charge >= 0.3 is 5.97 Å². The number of carbonyl (C=O) groups is 3. The lowest BCUT2D eigenvalue weighted by Gasteiger charge is -2.06. The molecule has 2 aromatic heterocycles. The third-order valence-corrected chi connectivity index (χ3v) is 5.13. The molecule has 0 saturated carbocycles. The average molecular weight is 401 g/mol. The van der Waals surface area contributed by atoms with Crippen molar-refractivity contribution >= 4 is 51.3 Å². The van der Waals surface area contributed by atoms with Crippen molar-refractivity contribution in [3.05, 3.63) is 63.3 Å². The maximum atomic E-state index is 12.4. The van der Waals surface area contributed by atoms with Gasteiger partial charge in [0.25, 0.3) is 11.8 Å². The van der Waals surface area contributed by atoms with Crippen LogP contribution in [0.25, 0.3) is 0 Å². The van der Waals surface area contributed by atoms with E-state index in [1.54, 1.807) is 41.8 Å². The Kier molecular flexibility index (Phi) is 5.94. The third-order valence-electron chi connectivity index (χ3n) is 3.45. The summed E-state index contributed by atoms with van der Waals surface area (Å²) in [7, 11) is 1.31. The molecule has 3 rings (SSSR count). The van der Waals surface area contributed by atoms with Gasteiger partial charge in [0.1, 0.15) is 0 Å². The highest BCUT2D eigenvalue weighted by Gasteiger charge is 2.13. The van der Waals surface area contributed by atoms with Gasteiger partial charge in [-0.25, -0.2) is 4.98 Å². The summed E-state index contributed by atoms with van der Waals surface area (Å²) in [5.74, 6) is -0.983. The Morgan fingerprint density at radius 1 is 1.07 bits per heavy atom. The van der Waals surface area contributed by atoms with Crippen LogP contribution in [-0.2, 0) is 16.0 Å². The molecule has 0 saturated heterocycles. The smallest absolute Gasteiger partial charge is 0.311 e. The lowest BCUT2D eigenvalue weighted by Crippen LogP contribution is -2.14. The number of nitrogens with one attached hydrogen (secondary N) is 2. The maximum Gasteiger partial charge on any atom is 0.311 e. The van der Waals surface area contributed by atoms with Crippen molar-refractivity contribution in [2.45, 2.75) is 6.42 Å². The first-order valence-corrected chi connectivity index (χ1v) is 9.58. The highest BCUT2D eigenvalue weighted by Crippen LogP contribution is 2.19. The van der Waals surface area contributed by atoms with Crippen LogP contribution in [0.1, 0.15) is 25.7 Å². The summed E-state index contributed by atoms with van der Waals surface area (Å²) >= 11 is 2.56. The predicted octanol–water partition coefficient (Wildman–Crippen LogP) is 3.42. The van der Waals surface area contributed by atoms with Crippen LogP contribution in [0.2, 0.25) is 0 Å². The van der Waals surface area contributed by atoms with Crippen LogP contribution in [0.15, 0.2) is 47.2 Å². The molecule has 7 nitrogen and oxygen atoms in total. The minimum absolute atomic E-state index is 0.0487. The number of thiophene rings is 1. The molecule has 0 spiro atoms. The summed E-state index contributed by atoms with van der Waals surface area (Å²) in [5, 5.41) is 9.33. The van der Waals surface area contributed by atoms with E-state index >= 15 is 0 Å². The zero-order valence-electron chi connectivity index (χ0n) is 14.2. The fraction of sp³-hybridized carbons (Fsp3) is 0.111. The number of ether oxygens (including phenoxy) is 1. The van der Waals surface area contributed by atoms with Gasteiger partial charge in [-0.15, -0.1) is 22.7 Å². The second-order valence-corrected chi connectivity index (χ2v) is 7.17. The van der Waals surface area contributed by atoms with Gasteiger partial charge in [-0.1, -0.05) is 12.1 Å². The van der Waals surface area contributed by atoms with E-state index in [2.05, 4.69) is 20.4 Å². The molecule has 0 fully saturated rings. The van der Waals surface area contributed by atoms with Gasteiger partial charge in [0.2, 0.25) is 0 Å². The standard InChI is InChI=1S/C18H15N3O4S2/c1-25-15(22)9-13-10-27-18(20-13)21-16(23)11-4-2-5-12(8-11)19-17(24)14-6-3-7-26-14/h2-8,10H,9H2,1H3,(H,19,24)(H,20,21,23).